The number of ether oxygens (including phenoxy) is 1. The van der Waals surface area contributed by atoms with Gasteiger partial charge < -0.3 is 15.2 Å². The van der Waals surface area contributed by atoms with Crippen LogP contribution in [0.5, 0.6) is 0 Å². The molecule has 1 amide bonds. The SMILES string of the molecule is CC(C)OCC(=O)Nc1cc(C#CCCO)ccc1Cl. The average molecular weight is 296 g/mol. The van der Waals surface area contributed by atoms with Gasteiger partial charge in [-0.25, -0.2) is 0 Å². The highest BCUT2D eigenvalue weighted by atomic mass is 35.5. The molecule has 0 fully saturated rings. The number of aliphatic hydroxyl groups excluding tert-OH is 1. The van der Waals surface area contributed by atoms with E-state index in [9.17, 15) is 4.79 Å². The molecule has 0 aromatic heterocycles. The Hall–Kier alpha value is -1.54. The van der Waals surface area contributed by atoms with Crippen molar-refractivity contribution < 1.29 is 14.6 Å². The van der Waals surface area contributed by atoms with Gasteiger partial charge in [-0.3, -0.25) is 4.79 Å². The molecule has 108 valence electrons. The topological polar surface area (TPSA) is 58.6 Å². The number of rotatable bonds is 5. The van der Waals surface area contributed by atoms with E-state index in [2.05, 4.69) is 17.2 Å². The van der Waals surface area contributed by atoms with Crippen LogP contribution >= 0.6 is 11.6 Å². The molecule has 0 saturated carbocycles. The lowest BCUT2D eigenvalue weighted by Gasteiger charge is -2.10. The Bertz CT molecular complexity index is 518. The Morgan fingerprint density at radius 1 is 1.50 bits per heavy atom. The molecule has 2 N–H and O–H groups in total. The summed E-state index contributed by atoms with van der Waals surface area (Å²) in [4.78, 5) is 11.7. The predicted octanol–water partition coefficient (Wildman–Crippen LogP) is 2.44. The van der Waals surface area contributed by atoms with Crippen molar-refractivity contribution in [2.24, 2.45) is 0 Å². The van der Waals surface area contributed by atoms with Crippen LogP contribution in [0.3, 0.4) is 0 Å². The van der Waals surface area contributed by atoms with E-state index in [1.807, 2.05) is 13.8 Å². The van der Waals surface area contributed by atoms with Crippen LogP contribution in [0.15, 0.2) is 18.2 Å². The normalized spacial score (nSPS) is 10.1. The minimum Gasteiger partial charge on any atom is -0.395 e. The van der Waals surface area contributed by atoms with Crippen LogP contribution in [0, 0.1) is 11.8 Å². The second-order valence-corrected chi connectivity index (χ2v) is 4.79. The van der Waals surface area contributed by atoms with Gasteiger partial charge in [0, 0.05) is 12.0 Å². The van der Waals surface area contributed by atoms with E-state index in [-0.39, 0.29) is 25.2 Å². The van der Waals surface area contributed by atoms with Gasteiger partial charge in [-0.2, -0.15) is 0 Å². The van der Waals surface area contributed by atoms with Crippen molar-refractivity contribution >= 4 is 23.2 Å². The molecule has 0 aliphatic rings. The number of carbonyl (C=O) groups excluding carboxylic acids is 1. The largest absolute Gasteiger partial charge is 0.395 e. The van der Waals surface area contributed by atoms with Gasteiger partial charge in [-0.1, -0.05) is 23.4 Å². The van der Waals surface area contributed by atoms with Gasteiger partial charge in [0.25, 0.3) is 0 Å². The van der Waals surface area contributed by atoms with E-state index >= 15 is 0 Å². The lowest BCUT2D eigenvalue weighted by molar-refractivity contribution is -0.121. The molecule has 20 heavy (non-hydrogen) atoms. The Kier molecular flexibility index (Phi) is 7.10. The number of carbonyl (C=O) groups is 1. The van der Waals surface area contributed by atoms with E-state index in [0.29, 0.717) is 17.1 Å². The first kappa shape index (κ1) is 16.5. The first-order valence-electron chi connectivity index (χ1n) is 6.33. The van der Waals surface area contributed by atoms with Crippen molar-refractivity contribution in [1.29, 1.82) is 0 Å². The van der Waals surface area contributed by atoms with Crippen LogP contribution in [0.2, 0.25) is 5.02 Å². The molecule has 0 heterocycles. The Morgan fingerprint density at radius 2 is 2.25 bits per heavy atom. The number of benzene rings is 1. The highest BCUT2D eigenvalue weighted by Crippen LogP contribution is 2.22. The molecule has 0 aliphatic carbocycles. The molecule has 0 atom stereocenters. The first-order valence-corrected chi connectivity index (χ1v) is 6.71. The van der Waals surface area contributed by atoms with Gasteiger partial charge in [-0.05, 0) is 32.0 Å². The zero-order valence-corrected chi connectivity index (χ0v) is 12.3. The molecule has 0 aliphatic heterocycles. The van der Waals surface area contributed by atoms with Crippen molar-refractivity contribution in [3.8, 4) is 11.8 Å². The van der Waals surface area contributed by atoms with E-state index < -0.39 is 0 Å². The quantitative estimate of drug-likeness (QED) is 0.820. The summed E-state index contributed by atoms with van der Waals surface area (Å²) in [5.74, 6) is 5.43. The van der Waals surface area contributed by atoms with E-state index in [4.69, 9.17) is 21.4 Å². The van der Waals surface area contributed by atoms with Crippen LogP contribution in [0.25, 0.3) is 0 Å². The lowest BCUT2D eigenvalue weighted by Crippen LogP contribution is -2.20. The summed E-state index contributed by atoms with van der Waals surface area (Å²) in [6.45, 7) is 3.72. The van der Waals surface area contributed by atoms with Gasteiger partial charge in [0.05, 0.1) is 23.4 Å². The molecule has 0 radical (unpaired) electrons. The zero-order chi connectivity index (χ0) is 15.0. The predicted molar refractivity (Wildman–Crippen MR) is 79.8 cm³/mol. The number of halogens is 1. The molecule has 0 unspecified atom stereocenters. The summed E-state index contributed by atoms with van der Waals surface area (Å²) >= 11 is 6.02. The second kappa shape index (κ2) is 8.60. The van der Waals surface area contributed by atoms with Gasteiger partial charge in [0.1, 0.15) is 6.61 Å². The number of anilines is 1. The average Bonchev–Trinajstić information content (AvgIpc) is 2.40. The third-order valence-electron chi connectivity index (χ3n) is 2.26. The molecule has 1 aromatic carbocycles. The van der Waals surface area contributed by atoms with Crippen molar-refractivity contribution in [2.45, 2.75) is 26.4 Å². The third-order valence-corrected chi connectivity index (χ3v) is 2.59. The summed E-state index contributed by atoms with van der Waals surface area (Å²) in [6.07, 6.45) is 0.402. The van der Waals surface area contributed by atoms with Gasteiger partial charge in [0.15, 0.2) is 0 Å². The van der Waals surface area contributed by atoms with Gasteiger partial charge >= 0.3 is 0 Å². The number of amides is 1. The number of aliphatic hydroxyl groups is 1. The van der Waals surface area contributed by atoms with Crippen LogP contribution in [-0.4, -0.2) is 30.3 Å². The van der Waals surface area contributed by atoms with Gasteiger partial charge in [0.2, 0.25) is 5.91 Å². The Morgan fingerprint density at radius 3 is 2.90 bits per heavy atom. The number of hydrogen-bond acceptors (Lipinski definition) is 3. The molecule has 0 saturated heterocycles. The van der Waals surface area contributed by atoms with Crippen molar-refractivity contribution in [3.63, 3.8) is 0 Å². The fraction of sp³-hybridized carbons (Fsp3) is 0.400. The fourth-order valence-corrected chi connectivity index (χ4v) is 1.51. The summed E-state index contributed by atoms with van der Waals surface area (Å²) in [7, 11) is 0. The molecule has 0 spiro atoms. The summed E-state index contributed by atoms with van der Waals surface area (Å²) in [5, 5.41) is 11.8. The Labute approximate surface area is 124 Å². The maximum atomic E-state index is 11.7. The van der Waals surface area contributed by atoms with Crippen LogP contribution in [-0.2, 0) is 9.53 Å². The van der Waals surface area contributed by atoms with E-state index in [1.54, 1.807) is 18.2 Å². The van der Waals surface area contributed by atoms with Crippen molar-refractivity contribution in [3.05, 3.63) is 28.8 Å². The maximum absolute atomic E-state index is 11.7. The van der Waals surface area contributed by atoms with E-state index in [0.717, 1.165) is 5.56 Å². The highest BCUT2D eigenvalue weighted by molar-refractivity contribution is 6.33. The lowest BCUT2D eigenvalue weighted by atomic mass is 10.2. The van der Waals surface area contributed by atoms with E-state index in [1.165, 1.54) is 0 Å². The van der Waals surface area contributed by atoms with Crippen molar-refractivity contribution in [1.82, 2.24) is 0 Å². The smallest absolute Gasteiger partial charge is 0.250 e. The molecular formula is C15H18ClNO3. The van der Waals surface area contributed by atoms with Crippen molar-refractivity contribution in [2.75, 3.05) is 18.5 Å². The summed E-state index contributed by atoms with van der Waals surface area (Å²) in [6, 6.07) is 5.12. The Balaban J connectivity index is 2.72. The van der Waals surface area contributed by atoms with Gasteiger partial charge in [-0.15, -0.1) is 0 Å². The number of nitrogens with one attached hydrogen (secondary N) is 1. The fourth-order valence-electron chi connectivity index (χ4n) is 1.35. The molecule has 5 heteroatoms. The summed E-state index contributed by atoms with van der Waals surface area (Å²) in [5.41, 5.74) is 1.22. The molecule has 4 nitrogen and oxygen atoms in total. The highest BCUT2D eigenvalue weighted by Gasteiger charge is 2.07. The van der Waals surface area contributed by atoms with Crippen LogP contribution in [0.4, 0.5) is 5.69 Å². The molecule has 1 aromatic rings. The van der Waals surface area contributed by atoms with Crippen LogP contribution < -0.4 is 5.32 Å². The zero-order valence-electron chi connectivity index (χ0n) is 11.6. The molecule has 1 rings (SSSR count). The monoisotopic (exact) mass is 295 g/mol. The maximum Gasteiger partial charge on any atom is 0.250 e. The minimum absolute atomic E-state index is 0.00750. The summed E-state index contributed by atoms with van der Waals surface area (Å²) < 4.78 is 5.21. The molecule has 0 bridgehead atoms. The van der Waals surface area contributed by atoms with Crippen LogP contribution in [0.1, 0.15) is 25.8 Å². The molecular weight excluding hydrogens is 278 g/mol. The standard InChI is InChI=1S/C15H18ClNO3/c1-11(2)20-10-15(19)17-14-9-12(5-3-4-8-18)6-7-13(14)16/h6-7,9,11,18H,4,8,10H2,1-2H3,(H,17,19). The number of hydrogen-bond donors (Lipinski definition) is 2. The third kappa shape index (κ3) is 6.07. The first-order chi connectivity index (χ1) is 9.52. The minimum atomic E-state index is -0.263. The second-order valence-electron chi connectivity index (χ2n) is 4.38.